The number of morpholine rings is 1. The number of nitrogens with zero attached hydrogens (tertiary/aromatic N) is 5. The van der Waals surface area contributed by atoms with Crippen molar-refractivity contribution in [3.63, 3.8) is 0 Å². The molecule has 1 aromatic carbocycles. The van der Waals surface area contributed by atoms with Gasteiger partial charge in [-0.25, -0.2) is 17.5 Å². The summed E-state index contributed by atoms with van der Waals surface area (Å²) in [6.45, 7) is 4.12. The number of ether oxygens (including phenoxy) is 1. The monoisotopic (exact) mass is 422 g/mol. The maximum atomic E-state index is 13.4. The third kappa shape index (κ3) is 4.80. The molecule has 2 fully saturated rings. The van der Waals surface area contributed by atoms with Crippen LogP contribution in [0, 0.1) is 5.82 Å². The molecule has 1 N–H and O–H groups in total. The van der Waals surface area contributed by atoms with E-state index in [1.54, 1.807) is 0 Å². The molecule has 0 bridgehead atoms. The van der Waals surface area contributed by atoms with E-state index in [-0.39, 0.29) is 11.4 Å². The highest BCUT2D eigenvalue weighted by Crippen LogP contribution is 2.20. The Morgan fingerprint density at radius 1 is 1.00 bits per heavy atom. The van der Waals surface area contributed by atoms with Gasteiger partial charge in [-0.15, -0.1) is 0 Å². The third-order valence-electron chi connectivity index (χ3n) is 4.87. The van der Waals surface area contributed by atoms with Crippen molar-refractivity contribution >= 4 is 21.9 Å². The highest BCUT2D eigenvalue weighted by Gasteiger charge is 2.22. The lowest BCUT2D eigenvalue weighted by molar-refractivity contribution is 0.122. The van der Waals surface area contributed by atoms with E-state index in [0.29, 0.717) is 44.0 Å². The van der Waals surface area contributed by atoms with Gasteiger partial charge in [-0.05, 0) is 31.0 Å². The van der Waals surface area contributed by atoms with Crippen LogP contribution < -0.4 is 14.5 Å². The Morgan fingerprint density at radius 2 is 1.66 bits per heavy atom. The highest BCUT2D eigenvalue weighted by atomic mass is 32.2. The van der Waals surface area contributed by atoms with Crippen LogP contribution in [0.4, 0.5) is 16.3 Å². The number of aromatic nitrogens is 3. The van der Waals surface area contributed by atoms with Crippen molar-refractivity contribution in [1.29, 1.82) is 0 Å². The Hall–Kier alpha value is -2.37. The third-order valence-corrected chi connectivity index (χ3v) is 6.27. The van der Waals surface area contributed by atoms with Gasteiger partial charge < -0.3 is 14.5 Å². The number of anilines is 2. The average Bonchev–Trinajstić information content (AvgIpc) is 3.28. The van der Waals surface area contributed by atoms with Crippen LogP contribution in [0.15, 0.2) is 29.2 Å². The summed E-state index contributed by atoms with van der Waals surface area (Å²) in [5.41, 5.74) is 0. The average molecular weight is 422 g/mol. The smallest absolute Gasteiger partial charge is 0.241 e. The second-order valence-corrected chi connectivity index (χ2v) is 8.69. The molecule has 0 amide bonds. The standard InChI is InChI=1S/C18H23FN6O3S/c19-14-4-3-5-15(12-14)29(26,27)20-13-16-21-17(24-6-1-2-7-24)23-18(22-16)25-8-10-28-11-9-25/h3-5,12,20H,1-2,6-11,13H2. The fraction of sp³-hybridized carbons (Fsp3) is 0.500. The topological polar surface area (TPSA) is 101 Å². The summed E-state index contributed by atoms with van der Waals surface area (Å²) in [6.07, 6.45) is 2.14. The first kappa shape index (κ1) is 19.9. The second-order valence-electron chi connectivity index (χ2n) is 6.93. The van der Waals surface area contributed by atoms with Gasteiger partial charge in [0.25, 0.3) is 0 Å². The number of benzene rings is 1. The van der Waals surface area contributed by atoms with Crippen LogP contribution in [0.25, 0.3) is 0 Å². The molecular formula is C18H23FN6O3S. The molecule has 9 nitrogen and oxygen atoms in total. The first-order valence-corrected chi connectivity index (χ1v) is 11.1. The summed E-state index contributed by atoms with van der Waals surface area (Å²) >= 11 is 0. The molecule has 0 spiro atoms. The molecule has 156 valence electrons. The molecule has 4 rings (SSSR count). The maximum absolute atomic E-state index is 13.4. The maximum Gasteiger partial charge on any atom is 0.241 e. The quantitative estimate of drug-likeness (QED) is 0.734. The molecule has 2 aliphatic heterocycles. The molecular weight excluding hydrogens is 399 g/mol. The van der Waals surface area contributed by atoms with Gasteiger partial charge in [0.1, 0.15) is 5.82 Å². The van der Waals surface area contributed by atoms with Gasteiger partial charge in [0.15, 0.2) is 5.82 Å². The SMILES string of the molecule is O=S(=O)(NCc1nc(N2CCCC2)nc(N2CCOCC2)n1)c1cccc(F)c1. The zero-order valence-corrected chi connectivity index (χ0v) is 16.7. The molecule has 1 aromatic heterocycles. The van der Waals surface area contributed by atoms with Crippen molar-refractivity contribution in [2.45, 2.75) is 24.3 Å². The predicted molar refractivity (Wildman–Crippen MR) is 105 cm³/mol. The van der Waals surface area contributed by atoms with Gasteiger partial charge in [-0.2, -0.15) is 15.0 Å². The van der Waals surface area contributed by atoms with Crippen LogP contribution in [0.3, 0.4) is 0 Å². The first-order valence-electron chi connectivity index (χ1n) is 9.59. The Bertz CT molecular complexity index is 962. The summed E-state index contributed by atoms with van der Waals surface area (Å²) in [7, 11) is -3.89. The van der Waals surface area contributed by atoms with E-state index in [1.165, 1.54) is 18.2 Å². The van der Waals surface area contributed by atoms with E-state index in [9.17, 15) is 12.8 Å². The van der Waals surface area contributed by atoms with Crippen molar-refractivity contribution in [1.82, 2.24) is 19.7 Å². The minimum Gasteiger partial charge on any atom is -0.378 e. The lowest BCUT2D eigenvalue weighted by Crippen LogP contribution is -2.38. The molecule has 0 radical (unpaired) electrons. The molecule has 0 unspecified atom stereocenters. The minimum atomic E-state index is -3.89. The van der Waals surface area contributed by atoms with E-state index in [4.69, 9.17) is 4.74 Å². The van der Waals surface area contributed by atoms with Crippen LogP contribution in [0.2, 0.25) is 0 Å². The molecule has 0 saturated carbocycles. The number of halogens is 1. The largest absolute Gasteiger partial charge is 0.378 e. The van der Waals surface area contributed by atoms with Crippen molar-refractivity contribution < 1.29 is 17.5 Å². The van der Waals surface area contributed by atoms with E-state index < -0.39 is 15.8 Å². The molecule has 0 atom stereocenters. The van der Waals surface area contributed by atoms with Gasteiger partial charge in [-0.1, -0.05) is 6.07 Å². The van der Waals surface area contributed by atoms with Crippen LogP contribution >= 0.6 is 0 Å². The van der Waals surface area contributed by atoms with Gasteiger partial charge in [0.05, 0.1) is 24.7 Å². The van der Waals surface area contributed by atoms with Crippen molar-refractivity contribution in [3.05, 3.63) is 35.9 Å². The predicted octanol–water partition coefficient (Wildman–Crippen LogP) is 0.926. The molecule has 2 aromatic rings. The van der Waals surface area contributed by atoms with Crippen molar-refractivity contribution in [2.24, 2.45) is 0 Å². The van der Waals surface area contributed by atoms with Crippen LogP contribution in [-0.2, 0) is 21.3 Å². The van der Waals surface area contributed by atoms with Crippen molar-refractivity contribution in [2.75, 3.05) is 49.2 Å². The summed E-state index contributed by atoms with van der Waals surface area (Å²) < 4.78 is 46.2. The van der Waals surface area contributed by atoms with Gasteiger partial charge in [-0.3, -0.25) is 0 Å². The number of rotatable bonds is 6. The lowest BCUT2D eigenvalue weighted by Gasteiger charge is -2.28. The molecule has 2 saturated heterocycles. The van der Waals surface area contributed by atoms with E-state index in [2.05, 4.69) is 24.6 Å². The molecule has 3 heterocycles. The zero-order chi connectivity index (χ0) is 20.3. The Balaban J connectivity index is 1.57. The summed E-state index contributed by atoms with van der Waals surface area (Å²) in [4.78, 5) is 17.5. The number of hydrogen-bond donors (Lipinski definition) is 1. The van der Waals surface area contributed by atoms with Gasteiger partial charge >= 0.3 is 0 Å². The molecule has 11 heteroatoms. The zero-order valence-electron chi connectivity index (χ0n) is 15.9. The van der Waals surface area contributed by atoms with Crippen LogP contribution in [0.1, 0.15) is 18.7 Å². The summed E-state index contributed by atoms with van der Waals surface area (Å²) in [5, 5.41) is 0. The summed E-state index contributed by atoms with van der Waals surface area (Å²) in [6, 6.07) is 4.87. The first-order chi connectivity index (χ1) is 14.0. The lowest BCUT2D eigenvalue weighted by atomic mass is 10.4. The minimum absolute atomic E-state index is 0.112. The Morgan fingerprint density at radius 3 is 2.31 bits per heavy atom. The van der Waals surface area contributed by atoms with E-state index in [0.717, 1.165) is 32.0 Å². The Kier molecular flexibility index (Phi) is 5.88. The van der Waals surface area contributed by atoms with Gasteiger partial charge in [0, 0.05) is 26.2 Å². The molecule has 29 heavy (non-hydrogen) atoms. The summed E-state index contributed by atoms with van der Waals surface area (Å²) in [5.74, 6) is 0.784. The van der Waals surface area contributed by atoms with Crippen LogP contribution in [0.5, 0.6) is 0 Å². The van der Waals surface area contributed by atoms with Crippen molar-refractivity contribution in [3.8, 4) is 0 Å². The normalized spacial score (nSPS) is 17.7. The Labute approximate surface area is 169 Å². The fourth-order valence-corrected chi connectivity index (χ4v) is 4.33. The number of hydrogen-bond acceptors (Lipinski definition) is 8. The van der Waals surface area contributed by atoms with E-state index in [1.807, 2.05) is 4.90 Å². The number of nitrogens with one attached hydrogen (secondary N) is 1. The number of sulfonamides is 1. The molecule has 0 aliphatic carbocycles. The van der Waals surface area contributed by atoms with Gasteiger partial charge in [0.2, 0.25) is 21.9 Å². The highest BCUT2D eigenvalue weighted by molar-refractivity contribution is 7.89. The van der Waals surface area contributed by atoms with Crippen LogP contribution in [-0.4, -0.2) is 62.8 Å². The fourth-order valence-electron chi connectivity index (χ4n) is 3.31. The molecule has 2 aliphatic rings. The van der Waals surface area contributed by atoms with E-state index >= 15 is 0 Å². The second kappa shape index (κ2) is 8.56.